The minimum Gasteiger partial charge on any atom is -0.369 e. The number of hydrogen-bond acceptors (Lipinski definition) is 2. The third kappa shape index (κ3) is 2.31. The summed E-state index contributed by atoms with van der Waals surface area (Å²) >= 11 is 6.51. The van der Waals surface area contributed by atoms with Gasteiger partial charge in [-0.25, -0.2) is 0 Å². The zero-order valence-corrected chi connectivity index (χ0v) is 13.0. The van der Waals surface area contributed by atoms with Crippen molar-refractivity contribution in [2.45, 2.75) is 32.7 Å². The third-order valence-electron chi connectivity index (χ3n) is 3.96. The molecule has 0 saturated heterocycles. The second-order valence-corrected chi connectivity index (χ2v) is 6.16. The van der Waals surface area contributed by atoms with E-state index in [1.165, 1.54) is 17.7 Å². The number of rotatable bonds is 2. The fourth-order valence-corrected chi connectivity index (χ4v) is 3.22. The molecule has 1 aliphatic rings. The standard InChI is InChI=1S/C16H20ClN3/c1-11(2)20-6-4-5-12-7-14(15(17)8-16(12)20)13-9-18-19(3)10-13/h7-11H,4-6H2,1-3H3. The maximum Gasteiger partial charge on any atom is 0.0568 e. The van der Waals surface area contributed by atoms with Crippen molar-refractivity contribution in [3.63, 3.8) is 0 Å². The Bertz CT molecular complexity index is 631. The van der Waals surface area contributed by atoms with Gasteiger partial charge in [0.05, 0.1) is 11.2 Å². The lowest BCUT2D eigenvalue weighted by molar-refractivity contribution is 0.626. The summed E-state index contributed by atoms with van der Waals surface area (Å²) in [4.78, 5) is 2.44. The van der Waals surface area contributed by atoms with E-state index < -0.39 is 0 Å². The average Bonchev–Trinajstić information content (AvgIpc) is 2.83. The molecule has 106 valence electrons. The fraction of sp³-hybridized carbons (Fsp3) is 0.438. The van der Waals surface area contributed by atoms with E-state index in [1.807, 2.05) is 24.1 Å². The van der Waals surface area contributed by atoms with Crippen LogP contribution in [0.2, 0.25) is 5.02 Å². The molecule has 2 aromatic rings. The van der Waals surface area contributed by atoms with E-state index in [-0.39, 0.29) is 0 Å². The number of fused-ring (bicyclic) bond motifs is 1. The molecule has 0 N–H and O–H groups in total. The molecule has 3 rings (SSSR count). The van der Waals surface area contributed by atoms with Gasteiger partial charge in [0, 0.05) is 42.6 Å². The van der Waals surface area contributed by atoms with Gasteiger partial charge >= 0.3 is 0 Å². The van der Waals surface area contributed by atoms with E-state index in [4.69, 9.17) is 11.6 Å². The average molecular weight is 290 g/mol. The van der Waals surface area contributed by atoms with Gasteiger partial charge in [0.2, 0.25) is 0 Å². The molecule has 0 unspecified atom stereocenters. The first kappa shape index (κ1) is 13.5. The number of aryl methyl sites for hydroxylation is 2. The first-order valence-electron chi connectivity index (χ1n) is 7.14. The van der Waals surface area contributed by atoms with Crippen LogP contribution in [-0.2, 0) is 13.5 Å². The zero-order chi connectivity index (χ0) is 14.3. The molecule has 1 aromatic heterocycles. The molecule has 0 bridgehead atoms. The minimum absolute atomic E-state index is 0.509. The quantitative estimate of drug-likeness (QED) is 0.836. The van der Waals surface area contributed by atoms with Gasteiger partial charge in [0.1, 0.15) is 0 Å². The first-order valence-corrected chi connectivity index (χ1v) is 7.52. The van der Waals surface area contributed by atoms with Crippen molar-refractivity contribution in [1.29, 1.82) is 0 Å². The molecule has 1 aromatic carbocycles. The molecule has 0 atom stereocenters. The number of anilines is 1. The molecule has 0 spiro atoms. The highest BCUT2D eigenvalue weighted by Crippen LogP contribution is 2.37. The largest absolute Gasteiger partial charge is 0.369 e. The molecular weight excluding hydrogens is 270 g/mol. The molecule has 2 heterocycles. The normalized spacial score (nSPS) is 14.8. The summed E-state index contributed by atoms with van der Waals surface area (Å²) in [5.41, 5.74) is 4.86. The van der Waals surface area contributed by atoms with Crippen LogP contribution in [0.1, 0.15) is 25.8 Å². The molecule has 1 aliphatic heterocycles. The van der Waals surface area contributed by atoms with Gasteiger partial charge < -0.3 is 4.90 Å². The molecule has 0 saturated carbocycles. The van der Waals surface area contributed by atoms with Gasteiger partial charge in [-0.15, -0.1) is 0 Å². The Hall–Kier alpha value is -1.48. The van der Waals surface area contributed by atoms with E-state index >= 15 is 0 Å². The Morgan fingerprint density at radius 3 is 2.75 bits per heavy atom. The van der Waals surface area contributed by atoms with Gasteiger partial charge in [-0.2, -0.15) is 5.10 Å². The molecule has 0 aliphatic carbocycles. The Morgan fingerprint density at radius 2 is 2.10 bits per heavy atom. The third-order valence-corrected chi connectivity index (χ3v) is 4.27. The van der Waals surface area contributed by atoms with Crippen LogP contribution in [0.3, 0.4) is 0 Å². The Labute approximate surface area is 125 Å². The van der Waals surface area contributed by atoms with Crippen LogP contribution in [0.4, 0.5) is 5.69 Å². The van der Waals surface area contributed by atoms with Crippen LogP contribution in [0.5, 0.6) is 0 Å². The van der Waals surface area contributed by atoms with Gasteiger partial charge in [-0.1, -0.05) is 11.6 Å². The smallest absolute Gasteiger partial charge is 0.0568 e. The van der Waals surface area contributed by atoms with E-state index in [2.05, 4.69) is 36.0 Å². The number of halogens is 1. The molecular formula is C16H20ClN3. The van der Waals surface area contributed by atoms with Gasteiger partial charge in [0.25, 0.3) is 0 Å². The highest BCUT2D eigenvalue weighted by molar-refractivity contribution is 6.33. The number of nitrogens with zero attached hydrogens (tertiary/aromatic N) is 3. The van der Waals surface area contributed by atoms with E-state index in [1.54, 1.807) is 0 Å². The van der Waals surface area contributed by atoms with E-state index in [0.717, 1.165) is 29.1 Å². The molecule has 3 nitrogen and oxygen atoms in total. The number of benzene rings is 1. The van der Waals surface area contributed by atoms with Crippen molar-refractivity contribution in [3.8, 4) is 11.1 Å². The summed E-state index contributed by atoms with van der Waals surface area (Å²) in [5.74, 6) is 0. The Kier molecular flexibility index (Phi) is 3.47. The molecule has 0 radical (unpaired) electrons. The molecule has 0 fully saturated rings. The SMILES string of the molecule is CC(C)N1CCCc2cc(-c3cnn(C)c3)c(Cl)cc21. The maximum absolute atomic E-state index is 6.51. The van der Waals surface area contributed by atoms with Crippen molar-refractivity contribution >= 4 is 17.3 Å². The van der Waals surface area contributed by atoms with E-state index in [9.17, 15) is 0 Å². The molecule has 4 heteroatoms. The maximum atomic E-state index is 6.51. The summed E-state index contributed by atoms with van der Waals surface area (Å²) in [6.07, 6.45) is 6.22. The van der Waals surface area contributed by atoms with Crippen molar-refractivity contribution in [2.24, 2.45) is 7.05 Å². The molecule has 0 amide bonds. The first-order chi connectivity index (χ1) is 9.56. The lowest BCUT2D eigenvalue weighted by Crippen LogP contribution is -2.35. The predicted octanol–water partition coefficient (Wildman–Crippen LogP) is 3.90. The van der Waals surface area contributed by atoms with Crippen LogP contribution in [0.25, 0.3) is 11.1 Å². The van der Waals surface area contributed by atoms with Gasteiger partial charge in [-0.3, -0.25) is 4.68 Å². The summed E-state index contributed by atoms with van der Waals surface area (Å²) in [6.45, 7) is 5.59. The predicted molar refractivity (Wildman–Crippen MR) is 84.5 cm³/mol. The second kappa shape index (κ2) is 5.13. The second-order valence-electron chi connectivity index (χ2n) is 5.75. The summed E-state index contributed by atoms with van der Waals surface area (Å²) < 4.78 is 1.81. The van der Waals surface area contributed by atoms with Crippen molar-refractivity contribution in [2.75, 3.05) is 11.4 Å². The van der Waals surface area contributed by atoms with Crippen molar-refractivity contribution < 1.29 is 0 Å². The van der Waals surface area contributed by atoms with Gasteiger partial charge in [-0.05, 0) is 44.4 Å². The summed E-state index contributed by atoms with van der Waals surface area (Å²) in [6, 6.07) is 4.87. The zero-order valence-electron chi connectivity index (χ0n) is 12.2. The number of aromatic nitrogens is 2. The Balaban J connectivity index is 2.08. The van der Waals surface area contributed by atoms with Crippen LogP contribution in [0, 0.1) is 0 Å². The minimum atomic E-state index is 0.509. The van der Waals surface area contributed by atoms with Crippen LogP contribution in [0.15, 0.2) is 24.5 Å². The highest BCUT2D eigenvalue weighted by atomic mass is 35.5. The van der Waals surface area contributed by atoms with Crippen LogP contribution < -0.4 is 4.90 Å². The number of hydrogen-bond donors (Lipinski definition) is 0. The lowest BCUT2D eigenvalue weighted by Gasteiger charge is -2.35. The van der Waals surface area contributed by atoms with Crippen molar-refractivity contribution in [1.82, 2.24) is 9.78 Å². The highest BCUT2D eigenvalue weighted by Gasteiger charge is 2.21. The monoisotopic (exact) mass is 289 g/mol. The fourth-order valence-electron chi connectivity index (χ4n) is 2.95. The summed E-state index contributed by atoms with van der Waals surface area (Å²) in [5, 5.41) is 5.05. The van der Waals surface area contributed by atoms with Gasteiger partial charge in [0.15, 0.2) is 0 Å². The Morgan fingerprint density at radius 1 is 1.30 bits per heavy atom. The summed E-state index contributed by atoms with van der Waals surface area (Å²) in [7, 11) is 1.93. The van der Waals surface area contributed by atoms with Crippen LogP contribution >= 0.6 is 11.6 Å². The van der Waals surface area contributed by atoms with E-state index in [0.29, 0.717) is 6.04 Å². The van der Waals surface area contributed by atoms with Crippen LogP contribution in [-0.4, -0.2) is 22.4 Å². The van der Waals surface area contributed by atoms with Crippen molar-refractivity contribution in [3.05, 3.63) is 35.1 Å². The molecule has 20 heavy (non-hydrogen) atoms. The lowest BCUT2D eigenvalue weighted by atomic mass is 9.96. The topological polar surface area (TPSA) is 21.1 Å².